The summed E-state index contributed by atoms with van der Waals surface area (Å²) in [4.78, 5) is 24.5. The van der Waals surface area contributed by atoms with Crippen molar-refractivity contribution >= 4 is 50.9 Å². The molecule has 1 atom stereocenters. The SMILES string of the molecule is CC(Oc1ccc(Cl)cc1Cl)C(=O)NNC(=O)c1ccc(C(C)(C)C)c(Br)c1. The van der Waals surface area contributed by atoms with Crippen LogP contribution in [0.3, 0.4) is 0 Å². The number of nitrogens with one attached hydrogen (secondary N) is 2. The molecule has 150 valence electrons. The maximum atomic E-state index is 12.3. The second kappa shape index (κ2) is 9.16. The van der Waals surface area contributed by atoms with Crippen molar-refractivity contribution < 1.29 is 14.3 Å². The molecule has 0 spiro atoms. The molecule has 5 nitrogen and oxygen atoms in total. The van der Waals surface area contributed by atoms with Gasteiger partial charge in [0.25, 0.3) is 11.8 Å². The second-order valence-corrected chi connectivity index (χ2v) is 8.92. The Hall–Kier alpha value is -1.76. The number of benzene rings is 2. The highest BCUT2D eigenvalue weighted by Gasteiger charge is 2.20. The quantitative estimate of drug-likeness (QED) is 0.576. The van der Waals surface area contributed by atoms with Crippen molar-refractivity contribution in [3.8, 4) is 5.75 Å². The number of halogens is 3. The van der Waals surface area contributed by atoms with E-state index in [1.165, 1.54) is 6.07 Å². The zero-order valence-corrected chi connectivity index (χ0v) is 19.0. The van der Waals surface area contributed by atoms with E-state index in [0.29, 0.717) is 21.4 Å². The molecule has 2 aromatic rings. The van der Waals surface area contributed by atoms with Crippen molar-refractivity contribution in [2.24, 2.45) is 0 Å². The zero-order valence-electron chi connectivity index (χ0n) is 15.9. The standard InChI is InChI=1S/C20H21BrCl2N2O3/c1-11(28-17-8-6-13(22)10-16(17)23)18(26)24-25-19(27)12-5-7-14(15(21)9-12)20(2,3)4/h5-11H,1-4H3,(H,24,26)(H,25,27). The van der Waals surface area contributed by atoms with Crippen molar-refractivity contribution in [3.05, 3.63) is 62.0 Å². The lowest BCUT2D eigenvalue weighted by molar-refractivity contribution is -0.128. The first-order valence-electron chi connectivity index (χ1n) is 8.51. The molecule has 2 aromatic carbocycles. The summed E-state index contributed by atoms with van der Waals surface area (Å²) in [6.07, 6.45) is -0.881. The molecule has 0 bridgehead atoms. The number of carbonyl (C=O) groups excluding carboxylic acids is 2. The summed E-state index contributed by atoms with van der Waals surface area (Å²) < 4.78 is 6.34. The van der Waals surface area contributed by atoms with E-state index < -0.39 is 17.9 Å². The number of ether oxygens (including phenoxy) is 1. The molecule has 0 saturated heterocycles. The summed E-state index contributed by atoms with van der Waals surface area (Å²) in [5.74, 6) is -0.641. The monoisotopic (exact) mass is 486 g/mol. The van der Waals surface area contributed by atoms with Crippen LogP contribution in [0.1, 0.15) is 43.6 Å². The highest BCUT2D eigenvalue weighted by molar-refractivity contribution is 9.10. The Bertz CT molecular complexity index is 898. The molecule has 0 aliphatic rings. The molecule has 2 N–H and O–H groups in total. The van der Waals surface area contributed by atoms with Crippen LogP contribution >= 0.6 is 39.1 Å². The first-order chi connectivity index (χ1) is 13.0. The van der Waals surface area contributed by atoms with Gasteiger partial charge in [-0.3, -0.25) is 20.4 Å². The van der Waals surface area contributed by atoms with Crippen molar-refractivity contribution in [3.63, 3.8) is 0 Å². The first kappa shape index (κ1) is 22.5. The molecular formula is C20H21BrCl2N2O3. The van der Waals surface area contributed by atoms with Gasteiger partial charge in [-0.05, 0) is 48.2 Å². The van der Waals surface area contributed by atoms with E-state index >= 15 is 0 Å². The first-order valence-corrected chi connectivity index (χ1v) is 10.1. The molecule has 28 heavy (non-hydrogen) atoms. The van der Waals surface area contributed by atoms with E-state index in [4.69, 9.17) is 27.9 Å². The highest BCUT2D eigenvalue weighted by atomic mass is 79.9. The minimum Gasteiger partial charge on any atom is -0.479 e. The van der Waals surface area contributed by atoms with Gasteiger partial charge in [0.15, 0.2) is 6.10 Å². The smallest absolute Gasteiger partial charge is 0.279 e. The molecule has 2 rings (SSSR count). The third kappa shape index (κ3) is 5.87. The topological polar surface area (TPSA) is 67.4 Å². The van der Waals surface area contributed by atoms with Gasteiger partial charge in [0.2, 0.25) is 0 Å². The van der Waals surface area contributed by atoms with Gasteiger partial charge in [-0.1, -0.05) is 66.0 Å². The number of hydrogen-bond acceptors (Lipinski definition) is 3. The van der Waals surface area contributed by atoms with Crippen LogP contribution in [0.4, 0.5) is 0 Å². The Morgan fingerprint density at radius 1 is 1.07 bits per heavy atom. The zero-order chi connectivity index (χ0) is 21.1. The largest absolute Gasteiger partial charge is 0.479 e. The second-order valence-electron chi connectivity index (χ2n) is 7.22. The van der Waals surface area contributed by atoms with E-state index in [2.05, 4.69) is 47.6 Å². The summed E-state index contributed by atoms with van der Waals surface area (Å²) in [6, 6.07) is 10.0. The van der Waals surface area contributed by atoms with E-state index in [1.807, 2.05) is 6.07 Å². The van der Waals surface area contributed by atoms with Gasteiger partial charge in [0.1, 0.15) is 5.75 Å². The van der Waals surface area contributed by atoms with Gasteiger partial charge in [-0.15, -0.1) is 0 Å². The summed E-state index contributed by atoms with van der Waals surface area (Å²) in [7, 11) is 0. The van der Waals surface area contributed by atoms with Crippen LogP contribution in [0.25, 0.3) is 0 Å². The molecule has 0 radical (unpaired) electrons. The number of hydrazine groups is 1. The van der Waals surface area contributed by atoms with Crippen LogP contribution in [-0.2, 0) is 10.2 Å². The predicted molar refractivity (Wildman–Crippen MR) is 115 cm³/mol. The molecule has 0 aliphatic heterocycles. The van der Waals surface area contributed by atoms with E-state index in [-0.39, 0.29) is 5.41 Å². The highest BCUT2D eigenvalue weighted by Crippen LogP contribution is 2.30. The lowest BCUT2D eigenvalue weighted by Crippen LogP contribution is -2.47. The molecule has 1 unspecified atom stereocenters. The van der Waals surface area contributed by atoms with Crippen LogP contribution in [0, 0.1) is 0 Å². The van der Waals surface area contributed by atoms with E-state index in [9.17, 15) is 9.59 Å². The van der Waals surface area contributed by atoms with Gasteiger partial charge in [0, 0.05) is 15.1 Å². The van der Waals surface area contributed by atoms with E-state index in [1.54, 1.807) is 31.2 Å². The minimum atomic E-state index is -0.881. The fraction of sp³-hybridized carbons (Fsp3) is 0.300. The van der Waals surface area contributed by atoms with Crippen LogP contribution in [0.15, 0.2) is 40.9 Å². The average molecular weight is 488 g/mol. The Kier molecular flexibility index (Phi) is 7.37. The van der Waals surface area contributed by atoms with Gasteiger partial charge >= 0.3 is 0 Å². The molecule has 0 aliphatic carbocycles. The average Bonchev–Trinajstić information content (AvgIpc) is 2.60. The normalized spacial score (nSPS) is 12.2. The maximum Gasteiger partial charge on any atom is 0.279 e. The van der Waals surface area contributed by atoms with Gasteiger partial charge < -0.3 is 4.74 Å². The number of rotatable bonds is 4. The Balaban J connectivity index is 1.96. The number of carbonyl (C=O) groups is 2. The van der Waals surface area contributed by atoms with Crippen LogP contribution < -0.4 is 15.6 Å². The van der Waals surface area contributed by atoms with Crippen molar-refractivity contribution in [2.75, 3.05) is 0 Å². The van der Waals surface area contributed by atoms with Gasteiger partial charge in [-0.2, -0.15) is 0 Å². The van der Waals surface area contributed by atoms with Crippen molar-refractivity contribution in [1.29, 1.82) is 0 Å². The van der Waals surface area contributed by atoms with Crippen molar-refractivity contribution in [1.82, 2.24) is 10.9 Å². The number of hydrogen-bond donors (Lipinski definition) is 2. The summed E-state index contributed by atoms with van der Waals surface area (Å²) in [5, 5.41) is 0.755. The summed E-state index contributed by atoms with van der Waals surface area (Å²) in [5.41, 5.74) is 6.16. The molecule has 2 amide bonds. The summed E-state index contributed by atoms with van der Waals surface area (Å²) >= 11 is 15.4. The molecule has 8 heteroatoms. The van der Waals surface area contributed by atoms with Crippen LogP contribution in [0.2, 0.25) is 10.0 Å². The van der Waals surface area contributed by atoms with Crippen LogP contribution in [0.5, 0.6) is 5.75 Å². The Morgan fingerprint density at radius 2 is 1.75 bits per heavy atom. The lowest BCUT2D eigenvalue weighted by atomic mass is 9.86. The third-order valence-electron chi connectivity index (χ3n) is 3.91. The molecular weight excluding hydrogens is 467 g/mol. The summed E-state index contributed by atoms with van der Waals surface area (Å²) in [6.45, 7) is 7.80. The van der Waals surface area contributed by atoms with Gasteiger partial charge in [-0.25, -0.2) is 0 Å². The van der Waals surface area contributed by atoms with E-state index in [0.717, 1.165) is 10.0 Å². The Morgan fingerprint density at radius 3 is 2.32 bits per heavy atom. The Labute approximate surface area is 182 Å². The third-order valence-corrected chi connectivity index (χ3v) is 5.09. The predicted octanol–water partition coefficient (Wildman–Crippen LogP) is 5.28. The van der Waals surface area contributed by atoms with Crippen LogP contribution in [-0.4, -0.2) is 17.9 Å². The van der Waals surface area contributed by atoms with Crippen molar-refractivity contribution in [2.45, 2.75) is 39.2 Å². The fourth-order valence-corrected chi connectivity index (χ4v) is 3.80. The maximum absolute atomic E-state index is 12.3. The fourth-order valence-electron chi connectivity index (χ4n) is 2.37. The minimum absolute atomic E-state index is 0.0578. The molecule has 0 fully saturated rings. The number of amides is 2. The molecule has 0 aromatic heterocycles. The lowest BCUT2D eigenvalue weighted by Gasteiger charge is -2.21. The molecule has 0 saturated carbocycles. The molecule has 0 heterocycles. The van der Waals surface area contributed by atoms with Gasteiger partial charge in [0.05, 0.1) is 5.02 Å².